The third-order valence-corrected chi connectivity index (χ3v) is 5.92. The standard InChI is InChI=1S/C25H25N5O2S/c1-16(2)30-33-18-12-13-21-20(14-18)23(25(32)27-21)29-28-22-11-7-6-10-19(22)24(31)26-15-17-8-4-3-5-9-17/h3-14,16,27,30,32H,15H2,1-2H3,(H,26,31). The van der Waals surface area contributed by atoms with Crippen LogP contribution in [0.3, 0.4) is 0 Å². The van der Waals surface area contributed by atoms with Crippen molar-refractivity contribution < 1.29 is 9.90 Å². The Labute approximate surface area is 196 Å². The van der Waals surface area contributed by atoms with Crippen molar-refractivity contribution in [3.63, 3.8) is 0 Å². The van der Waals surface area contributed by atoms with Gasteiger partial charge in [-0.05, 0) is 61.7 Å². The molecule has 168 valence electrons. The molecular weight excluding hydrogens is 434 g/mol. The average Bonchev–Trinajstić information content (AvgIpc) is 3.14. The minimum atomic E-state index is -0.241. The Morgan fingerprint density at radius 1 is 1.03 bits per heavy atom. The van der Waals surface area contributed by atoms with E-state index in [9.17, 15) is 9.90 Å². The second-order valence-corrected chi connectivity index (χ2v) is 8.70. The van der Waals surface area contributed by atoms with Crippen LogP contribution >= 0.6 is 11.9 Å². The number of H-pyrrole nitrogens is 1. The Balaban J connectivity index is 1.57. The molecule has 1 amide bonds. The molecule has 0 unspecified atom stereocenters. The SMILES string of the molecule is CC(C)NSc1ccc2[nH]c(O)c(N=Nc3ccccc3C(=O)NCc3ccccc3)c2c1. The lowest BCUT2D eigenvalue weighted by atomic mass is 10.1. The first-order valence-electron chi connectivity index (χ1n) is 10.6. The molecule has 3 aromatic carbocycles. The first-order valence-corrected chi connectivity index (χ1v) is 11.4. The van der Waals surface area contributed by atoms with E-state index in [1.165, 1.54) is 11.9 Å². The van der Waals surface area contributed by atoms with Gasteiger partial charge in [0.25, 0.3) is 5.91 Å². The van der Waals surface area contributed by atoms with E-state index in [2.05, 4.69) is 39.1 Å². The van der Waals surface area contributed by atoms with Crippen molar-refractivity contribution in [1.82, 2.24) is 15.0 Å². The normalized spacial score (nSPS) is 11.5. The van der Waals surface area contributed by atoms with Crippen molar-refractivity contribution in [1.29, 1.82) is 0 Å². The third kappa shape index (κ3) is 5.60. The summed E-state index contributed by atoms with van der Waals surface area (Å²) >= 11 is 1.52. The molecule has 0 aliphatic carbocycles. The predicted molar refractivity (Wildman–Crippen MR) is 132 cm³/mol. The molecule has 0 aliphatic heterocycles. The van der Waals surface area contributed by atoms with Crippen molar-refractivity contribution in [3.8, 4) is 5.88 Å². The molecule has 4 rings (SSSR count). The number of hydrogen-bond acceptors (Lipinski definition) is 6. The summed E-state index contributed by atoms with van der Waals surface area (Å²) in [4.78, 5) is 16.7. The summed E-state index contributed by atoms with van der Waals surface area (Å²) in [6.45, 7) is 4.56. The summed E-state index contributed by atoms with van der Waals surface area (Å²) in [6, 6.07) is 22.8. The van der Waals surface area contributed by atoms with Crippen LogP contribution < -0.4 is 10.0 Å². The number of rotatable bonds is 8. The van der Waals surface area contributed by atoms with Gasteiger partial charge in [-0.3, -0.25) is 9.52 Å². The molecule has 0 fully saturated rings. The summed E-state index contributed by atoms with van der Waals surface area (Å²) in [6.07, 6.45) is 0. The fourth-order valence-electron chi connectivity index (χ4n) is 3.22. The number of amides is 1. The van der Waals surface area contributed by atoms with Crippen molar-refractivity contribution in [3.05, 3.63) is 83.9 Å². The molecule has 0 bridgehead atoms. The van der Waals surface area contributed by atoms with Crippen LogP contribution in [0.25, 0.3) is 10.9 Å². The molecule has 0 saturated heterocycles. The second kappa shape index (κ2) is 10.3. The highest BCUT2D eigenvalue weighted by atomic mass is 32.2. The van der Waals surface area contributed by atoms with Gasteiger partial charge in [0, 0.05) is 22.9 Å². The monoisotopic (exact) mass is 459 g/mol. The largest absolute Gasteiger partial charge is 0.493 e. The molecule has 0 radical (unpaired) electrons. The molecule has 8 heteroatoms. The molecule has 0 atom stereocenters. The van der Waals surface area contributed by atoms with E-state index >= 15 is 0 Å². The number of aromatic hydroxyl groups is 1. The predicted octanol–water partition coefficient (Wildman–Crippen LogP) is 6.22. The first-order chi connectivity index (χ1) is 16.0. The Kier molecular flexibility index (Phi) is 7.07. The molecule has 0 saturated carbocycles. The molecule has 0 aliphatic rings. The van der Waals surface area contributed by atoms with Crippen LogP contribution in [0.15, 0.2) is 87.9 Å². The third-order valence-electron chi connectivity index (χ3n) is 4.84. The Hall–Kier alpha value is -3.62. The smallest absolute Gasteiger partial charge is 0.253 e. The van der Waals surface area contributed by atoms with Crippen LogP contribution in [0.2, 0.25) is 0 Å². The number of aromatic nitrogens is 1. The summed E-state index contributed by atoms with van der Waals surface area (Å²) in [5.74, 6) is -0.311. The van der Waals surface area contributed by atoms with E-state index in [-0.39, 0.29) is 11.8 Å². The van der Waals surface area contributed by atoms with Gasteiger partial charge in [0.2, 0.25) is 5.88 Å². The highest BCUT2D eigenvalue weighted by molar-refractivity contribution is 7.97. The maximum atomic E-state index is 12.8. The molecule has 0 spiro atoms. The zero-order chi connectivity index (χ0) is 23.2. The zero-order valence-electron chi connectivity index (χ0n) is 18.4. The number of nitrogens with zero attached hydrogens (tertiary/aromatic N) is 2. The van der Waals surface area contributed by atoms with Crippen molar-refractivity contribution in [2.45, 2.75) is 31.3 Å². The van der Waals surface area contributed by atoms with Crippen LogP contribution in [-0.4, -0.2) is 22.0 Å². The second-order valence-electron chi connectivity index (χ2n) is 7.79. The number of aromatic amines is 1. The highest BCUT2D eigenvalue weighted by Crippen LogP contribution is 2.38. The van der Waals surface area contributed by atoms with Crippen molar-refractivity contribution in [2.24, 2.45) is 10.2 Å². The molecule has 33 heavy (non-hydrogen) atoms. The van der Waals surface area contributed by atoms with Gasteiger partial charge >= 0.3 is 0 Å². The van der Waals surface area contributed by atoms with Gasteiger partial charge in [-0.2, -0.15) is 0 Å². The fourth-order valence-corrected chi connectivity index (χ4v) is 3.91. The van der Waals surface area contributed by atoms with Crippen molar-refractivity contribution >= 4 is 40.1 Å². The van der Waals surface area contributed by atoms with Gasteiger partial charge in [-0.1, -0.05) is 42.5 Å². The summed E-state index contributed by atoms with van der Waals surface area (Å²) in [5, 5.41) is 22.7. The number of fused-ring (bicyclic) bond motifs is 1. The molecule has 4 N–H and O–H groups in total. The van der Waals surface area contributed by atoms with E-state index in [0.717, 1.165) is 21.4 Å². The Morgan fingerprint density at radius 2 is 1.79 bits per heavy atom. The van der Waals surface area contributed by atoms with Crippen molar-refractivity contribution in [2.75, 3.05) is 0 Å². The van der Waals surface area contributed by atoms with E-state index < -0.39 is 0 Å². The number of benzene rings is 3. The lowest BCUT2D eigenvalue weighted by molar-refractivity contribution is 0.0951. The molecular formula is C25H25N5O2S. The number of carbonyl (C=O) groups excluding carboxylic acids is 1. The van der Waals surface area contributed by atoms with Crippen LogP contribution in [-0.2, 0) is 6.54 Å². The lowest BCUT2D eigenvalue weighted by Gasteiger charge is -2.07. The van der Waals surface area contributed by atoms with Crippen LogP contribution in [0.1, 0.15) is 29.8 Å². The summed E-state index contributed by atoms with van der Waals surface area (Å²) in [7, 11) is 0. The van der Waals surface area contributed by atoms with E-state index in [4.69, 9.17) is 0 Å². The van der Waals surface area contributed by atoms with Gasteiger partial charge in [-0.25, -0.2) is 0 Å². The summed E-state index contributed by atoms with van der Waals surface area (Å²) in [5.41, 5.74) is 2.92. The van der Waals surface area contributed by atoms with Crippen LogP contribution in [0.5, 0.6) is 5.88 Å². The number of azo groups is 1. The molecule has 7 nitrogen and oxygen atoms in total. The zero-order valence-corrected chi connectivity index (χ0v) is 19.2. The Bertz CT molecular complexity index is 1280. The quantitative estimate of drug-likeness (QED) is 0.185. The molecule has 1 heterocycles. The number of nitrogens with one attached hydrogen (secondary N) is 3. The van der Waals surface area contributed by atoms with Crippen LogP contribution in [0.4, 0.5) is 11.4 Å². The summed E-state index contributed by atoms with van der Waals surface area (Å²) < 4.78 is 3.30. The minimum Gasteiger partial charge on any atom is -0.493 e. The van der Waals surface area contributed by atoms with Crippen LogP contribution in [0, 0.1) is 0 Å². The first kappa shape index (κ1) is 22.6. The van der Waals surface area contributed by atoms with Gasteiger partial charge in [0.05, 0.1) is 16.8 Å². The number of hydrogen-bond donors (Lipinski definition) is 4. The molecule has 4 aromatic rings. The van der Waals surface area contributed by atoms with Gasteiger partial charge in [-0.15, -0.1) is 10.2 Å². The minimum absolute atomic E-state index is 0.0706. The number of carbonyl (C=O) groups is 1. The van der Waals surface area contributed by atoms with E-state index in [1.807, 2.05) is 48.5 Å². The van der Waals surface area contributed by atoms with Gasteiger partial charge in [0.15, 0.2) is 5.69 Å². The maximum absolute atomic E-state index is 12.8. The topological polar surface area (TPSA) is 102 Å². The van der Waals surface area contributed by atoms with Gasteiger partial charge in [0.1, 0.15) is 0 Å². The van der Waals surface area contributed by atoms with E-state index in [0.29, 0.717) is 29.5 Å². The average molecular weight is 460 g/mol. The van der Waals surface area contributed by atoms with Gasteiger partial charge < -0.3 is 15.4 Å². The highest BCUT2D eigenvalue weighted by Gasteiger charge is 2.14. The van der Waals surface area contributed by atoms with E-state index in [1.54, 1.807) is 24.3 Å². The Morgan fingerprint density at radius 3 is 2.58 bits per heavy atom. The fraction of sp³-hybridized carbons (Fsp3) is 0.160. The lowest BCUT2D eigenvalue weighted by Crippen LogP contribution is -2.22. The molecule has 1 aromatic heterocycles. The maximum Gasteiger partial charge on any atom is 0.253 e.